The maximum atomic E-state index is 10.6. The van der Waals surface area contributed by atoms with Crippen LogP contribution >= 0.6 is 11.8 Å². The maximum Gasteiger partial charge on any atom is 0.311 e. The Kier molecular flexibility index (Phi) is 3.15. The standard InChI is InChI=1S/C9H10N6O2S/c1-5-12-13-9(14(5)2)18-7-4-3-6(15(16)17)8(10)11-7/h3-4H,1-2H3,(H2,10,11). The van der Waals surface area contributed by atoms with E-state index >= 15 is 0 Å². The summed E-state index contributed by atoms with van der Waals surface area (Å²) in [6.45, 7) is 1.83. The van der Waals surface area contributed by atoms with E-state index < -0.39 is 4.92 Å². The Morgan fingerprint density at radius 2 is 2.17 bits per heavy atom. The normalized spacial score (nSPS) is 10.6. The molecule has 0 saturated carbocycles. The number of nitro groups is 1. The van der Waals surface area contributed by atoms with Crippen molar-refractivity contribution in [3.05, 3.63) is 28.1 Å². The minimum atomic E-state index is -0.566. The second-order valence-electron chi connectivity index (χ2n) is 3.50. The quantitative estimate of drug-likeness (QED) is 0.655. The van der Waals surface area contributed by atoms with Crippen LogP contribution in [0.15, 0.2) is 22.3 Å². The molecular weight excluding hydrogens is 256 g/mol. The second kappa shape index (κ2) is 4.61. The van der Waals surface area contributed by atoms with Gasteiger partial charge < -0.3 is 10.3 Å². The fraction of sp³-hybridized carbons (Fsp3) is 0.222. The Morgan fingerprint density at radius 3 is 2.67 bits per heavy atom. The average molecular weight is 266 g/mol. The van der Waals surface area contributed by atoms with Gasteiger partial charge in [-0.3, -0.25) is 10.1 Å². The van der Waals surface area contributed by atoms with Gasteiger partial charge in [0.05, 0.1) is 4.92 Å². The summed E-state index contributed by atoms with van der Waals surface area (Å²) in [5, 5.41) is 19.6. The molecule has 2 aromatic rings. The summed E-state index contributed by atoms with van der Waals surface area (Å²) in [5.74, 6) is 0.663. The third-order valence-corrected chi connectivity index (χ3v) is 3.30. The summed E-state index contributed by atoms with van der Waals surface area (Å²) in [6, 6.07) is 2.86. The molecule has 0 aliphatic rings. The maximum absolute atomic E-state index is 10.6. The van der Waals surface area contributed by atoms with Gasteiger partial charge in [-0.1, -0.05) is 0 Å². The summed E-state index contributed by atoms with van der Waals surface area (Å²) >= 11 is 1.25. The van der Waals surface area contributed by atoms with Crippen LogP contribution in [-0.2, 0) is 7.05 Å². The van der Waals surface area contributed by atoms with Gasteiger partial charge in [0.2, 0.25) is 5.82 Å². The summed E-state index contributed by atoms with van der Waals surface area (Å²) in [5.41, 5.74) is 5.31. The zero-order valence-electron chi connectivity index (χ0n) is 9.69. The van der Waals surface area contributed by atoms with E-state index in [-0.39, 0.29) is 11.5 Å². The molecule has 2 N–H and O–H groups in total. The van der Waals surface area contributed by atoms with Crippen molar-refractivity contribution in [1.29, 1.82) is 0 Å². The van der Waals surface area contributed by atoms with E-state index in [0.717, 1.165) is 5.82 Å². The SMILES string of the molecule is Cc1nnc(Sc2ccc([N+](=O)[O-])c(N)n2)n1C. The van der Waals surface area contributed by atoms with Crippen LogP contribution in [0.4, 0.5) is 11.5 Å². The monoisotopic (exact) mass is 266 g/mol. The summed E-state index contributed by atoms with van der Waals surface area (Å²) in [6.07, 6.45) is 0. The summed E-state index contributed by atoms with van der Waals surface area (Å²) < 4.78 is 1.80. The zero-order chi connectivity index (χ0) is 13.3. The van der Waals surface area contributed by atoms with Crippen molar-refractivity contribution in [3.8, 4) is 0 Å². The zero-order valence-corrected chi connectivity index (χ0v) is 10.5. The highest BCUT2D eigenvalue weighted by atomic mass is 32.2. The van der Waals surface area contributed by atoms with E-state index in [1.807, 2.05) is 14.0 Å². The minimum absolute atomic E-state index is 0.108. The third kappa shape index (κ3) is 2.25. The number of anilines is 1. The summed E-state index contributed by atoms with van der Waals surface area (Å²) in [7, 11) is 1.83. The lowest BCUT2D eigenvalue weighted by molar-refractivity contribution is -0.384. The minimum Gasteiger partial charge on any atom is -0.378 e. The van der Waals surface area contributed by atoms with Crippen molar-refractivity contribution in [2.45, 2.75) is 17.1 Å². The fourth-order valence-electron chi connectivity index (χ4n) is 1.23. The van der Waals surface area contributed by atoms with Gasteiger partial charge in [0.1, 0.15) is 10.9 Å². The molecule has 94 valence electrons. The van der Waals surface area contributed by atoms with Gasteiger partial charge in [-0.05, 0) is 24.8 Å². The van der Waals surface area contributed by atoms with Gasteiger partial charge >= 0.3 is 5.69 Å². The molecule has 0 radical (unpaired) electrons. The number of aryl methyl sites for hydroxylation is 1. The van der Waals surface area contributed by atoms with Gasteiger partial charge in [0.15, 0.2) is 5.16 Å². The topological polar surface area (TPSA) is 113 Å². The Hall–Kier alpha value is -2.16. The predicted octanol–water partition coefficient (Wildman–Crippen LogP) is 1.16. The number of pyridine rings is 1. The van der Waals surface area contributed by atoms with Crippen LogP contribution in [0.3, 0.4) is 0 Å². The van der Waals surface area contributed by atoms with E-state index in [1.54, 1.807) is 4.57 Å². The number of nitrogen functional groups attached to an aromatic ring is 1. The smallest absolute Gasteiger partial charge is 0.311 e. The largest absolute Gasteiger partial charge is 0.378 e. The number of hydrogen-bond donors (Lipinski definition) is 1. The predicted molar refractivity (Wildman–Crippen MR) is 65.2 cm³/mol. The Morgan fingerprint density at radius 1 is 1.44 bits per heavy atom. The first-order chi connectivity index (χ1) is 8.49. The highest BCUT2D eigenvalue weighted by Crippen LogP contribution is 2.28. The molecule has 2 aromatic heterocycles. The van der Waals surface area contributed by atoms with E-state index in [2.05, 4.69) is 15.2 Å². The lowest BCUT2D eigenvalue weighted by Crippen LogP contribution is -1.99. The van der Waals surface area contributed by atoms with E-state index in [0.29, 0.717) is 10.2 Å². The van der Waals surface area contributed by atoms with Gasteiger partial charge in [-0.2, -0.15) is 0 Å². The first kappa shape index (κ1) is 12.3. The van der Waals surface area contributed by atoms with Crippen molar-refractivity contribution in [2.24, 2.45) is 7.05 Å². The first-order valence-corrected chi connectivity index (χ1v) is 5.75. The Labute approximate surface area is 106 Å². The second-order valence-corrected chi connectivity index (χ2v) is 4.49. The van der Waals surface area contributed by atoms with E-state index in [1.165, 1.54) is 23.9 Å². The van der Waals surface area contributed by atoms with E-state index in [4.69, 9.17) is 5.73 Å². The molecule has 2 rings (SSSR count). The van der Waals surface area contributed by atoms with Crippen molar-refractivity contribution < 1.29 is 4.92 Å². The Bertz CT molecular complexity index is 611. The van der Waals surface area contributed by atoms with Crippen molar-refractivity contribution >= 4 is 23.3 Å². The molecule has 0 unspecified atom stereocenters. The molecule has 18 heavy (non-hydrogen) atoms. The molecule has 0 aliphatic carbocycles. The Balaban J connectivity index is 2.28. The number of hydrogen-bond acceptors (Lipinski definition) is 7. The van der Waals surface area contributed by atoms with Crippen LogP contribution < -0.4 is 5.73 Å². The van der Waals surface area contributed by atoms with Crippen LogP contribution in [0, 0.1) is 17.0 Å². The first-order valence-electron chi connectivity index (χ1n) is 4.94. The van der Waals surface area contributed by atoms with Crippen LogP contribution in [0.2, 0.25) is 0 Å². The molecule has 0 atom stereocenters. The van der Waals surface area contributed by atoms with Crippen LogP contribution in [0.1, 0.15) is 5.82 Å². The van der Waals surface area contributed by atoms with Crippen molar-refractivity contribution in [2.75, 3.05) is 5.73 Å². The van der Waals surface area contributed by atoms with Gasteiger partial charge in [-0.25, -0.2) is 4.98 Å². The fourth-order valence-corrected chi connectivity index (χ4v) is 2.05. The van der Waals surface area contributed by atoms with Gasteiger partial charge in [0, 0.05) is 13.1 Å². The van der Waals surface area contributed by atoms with Crippen LogP contribution in [-0.4, -0.2) is 24.7 Å². The third-order valence-electron chi connectivity index (χ3n) is 2.32. The van der Waals surface area contributed by atoms with Crippen LogP contribution in [0.25, 0.3) is 0 Å². The molecule has 8 nitrogen and oxygen atoms in total. The number of nitrogens with two attached hydrogens (primary N) is 1. The number of rotatable bonds is 3. The molecule has 2 heterocycles. The van der Waals surface area contributed by atoms with Crippen molar-refractivity contribution in [3.63, 3.8) is 0 Å². The summed E-state index contributed by atoms with van der Waals surface area (Å²) in [4.78, 5) is 14.0. The molecule has 0 saturated heterocycles. The van der Waals surface area contributed by atoms with Crippen molar-refractivity contribution in [1.82, 2.24) is 19.7 Å². The molecule has 0 bridgehead atoms. The van der Waals surface area contributed by atoms with Gasteiger partial charge in [-0.15, -0.1) is 10.2 Å². The van der Waals surface area contributed by atoms with Gasteiger partial charge in [0.25, 0.3) is 0 Å². The average Bonchev–Trinajstić information content (AvgIpc) is 2.61. The highest BCUT2D eigenvalue weighted by molar-refractivity contribution is 7.99. The molecule has 9 heteroatoms. The molecule has 0 aromatic carbocycles. The number of nitrogens with zero attached hydrogens (tertiary/aromatic N) is 5. The lowest BCUT2D eigenvalue weighted by atomic mass is 10.4. The van der Waals surface area contributed by atoms with Crippen LogP contribution in [0.5, 0.6) is 0 Å². The highest BCUT2D eigenvalue weighted by Gasteiger charge is 2.15. The number of aromatic nitrogens is 4. The molecule has 0 amide bonds. The lowest BCUT2D eigenvalue weighted by Gasteiger charge is -2.02. The molecule has 0 aliphatic heterocycles. The van der Waals surface area contributed by atoms with E-state index in [9.17, 15) is 10.1 Å². The molecular formula is C9H10N6O2S. The molecule has 0 spiro atoms. The molecule has 0 fully saturated rings.